The van der Waals surface area contributed by atoms with Gasteiger partial charge in [-0.1, -0.05) is 6.07 Å². The fourth-order valence-electron chi connectivity index (χ4n) is 4.16. The molecule has 0 bridgehead atoms. The minimum absolute atomic E-state index is 0.0161. The topological polar surface area (TPSA) is 120 Å². The summed E-state index contributed by atoms with van der Waals surface area (Å²) >= 11 is 0. The number of aliphatic hydroxyl groups excluding tert-OH is 1. The van der Waals surface area contributed by atoms with Crippen LogP contribution >= 0.6 is 0 Å². The molecule has 0 saturated carbocycles. The first-order chi connectivity index (χ1) is 17.3. The highest BCUT2D eigenvalue weighted by Crippen LogP contribution is 2.28. The van der Waals surface area contributed by atoms with Gasteiger partial charge in [-0.15, -0.1) is 0 Å². The summed E-state index contributed by atoms with van der Waals surface area (Å²) in [6.45, 7) is 2.38. The third kappa shape index (κ3) is 5.19. The quantitative estimate of drug-likeness (QED) is 0.385. The zero-order valence-electron chi connectivity index (χ0n) is 19.0. The molecule has 4 heterocycles. The number of pyridine rings is 1. The molecule has 3 N–H and O–H groups in total. The zero-order valence-corrected chi connectivity index (χ0v) is 19.0. The van der Waals surface area contributed by atoms with Crippen molar-refractivity contribution in [3.05, 3.63) is 66.1 Å². The summed E-state index contributed by atoms with van der Waals surface area (Å²) in [6.07, 6.45) is 1.97. The van der Waals surface area contributed by atoms with Gasteiger partial charge in [0.1, 0.15) is 0 Å². The molecule has 9 nitrogen and oxygen atoms in total. The number of aliphatic hydroxyl groups is 1. The lowest BCUT2D eigenvalue weighted by atomic mass is 10.0. The second-order valence-corrected chi connectivity index (χ2v) is 8.67. The number of nitrogens with one attached hydrogen (secondary N) is 2. The number of rotatable bonds is 5. The smallest absolute Gasteiger partial charge is 0.393 e. The van der Waals surface area contributed by atoms with Crippen molar-refractivity contribution in [3.63, 3.8) is 0 Å². The summed E-state index contributed by atoms with van der Waals surface area (Å²) in [7, 11) is 0. The van der Waals surface area contributed by atoms with Crippen molar-refractivity contribution < 1.29 is 23.1 Å². The summed E-state index contributed by atoms with van der Waals surface area (Å²) in [4.78, 5) is 26.0. The van der Waals surface area contributed by atoms with Crippen molar-refractivity contribution in [2.75, 3.05) is 18.4 Å². The van der Waals surface area contributed by atoms with E-state index in [1.54, 1.807) is 12.3 Å². The van der Waals surface area contributed by atoms with Gasteiger partial charge in [0, 0.05) is 43.0 Å². The predicted octanol–water partition coefficient (Wildman–Crippen LogP) is 3.64. The van der Waals surface area contributed by atoms with E-state index in [0.717, 1.165) is 61.6 Å². The number of carbonyl (C=O) groups excluding carboxylic acids is 1. The molecule has 5 rings (SSSR count). The van der Waals surface area contributed by atoms with Crippen LogP contribution in [0.25, 0.3) is 22.0 Å². The Kier molecular flexibility index (Phi) is 6.37. The fraction of sp³-hybridized carbons (Fsp3) is 0.292. The lowest BCUT2D eigenvalue weighted by Crippen LogP contribution is -2.35. The van der Waals surface area contributed by atoms with Crippen molar-refractivity contribution in [1.29, 1.82) is 0 Å². The first-order valence-corrected chi connectivity index (χ1v) is 11.3. The number of anilines is 1. The highest BCUT2D eigenvalue weighted by molar-refractivity contribution is 6.11. The van der Waals surface area contributed by atoms with Crippen LogP contribution in [0.5, 0.6) is 0 Å². The molecule has 1 amide bonds. The summed E-state index contributed by atoms with van der Waals surface area (Å²) in [6, 6.07) is 7.55. The number of benzene rings is 1. The third-order valence-electron chi connectivity index (χ3n) is 6.03. The molecule has 0 atom stereocenters. The maximum atomic E-state index is 12.8. The van der Waals surface area contributed by atoms with Gasteiger partial charge in [0.15, 0.2) is 5.69 Å². The van der Waals surface area contributed by atoms with E-state index in [1.165, 1.54) is 0 Å². The third-order valence-corrected chi connectivity index (χ3v) is 6.03. The molecule has 1 aliphatic rings. The molecule has 12 heteroatoms. The average molecular weight is 497 g/mol. The Balaban J connectivity index is 1.35. The Labute approximate surface area is 203 Å². The Morgan fingerprint density at radius 3 is 2.56 bits per heavy atom. The van der Waals surface area contributed by atoms with Gasteiger partial charge in [-0.2, -0.15) is 18.3 Å². The van der Waals surface area contributed by atoms with E-state index in [2.05, 4.69) is 35.4 Å². The van der Waals surface area contributed by atoms with Crippen molar-refractivity contribution >= 4 is 22.5 Å². The molecule has 36 heavy (non-hydrogen) atoms. The number of aromatic nitrogens is 5. The number of hydrogen-bond donors (Lipinski definition) is 3. The second-order valence-electron chi connectivity index (χ2n) is 8.67. The van der Waals surface area contributed by atoms with Crippen molar-refractivity contribution in [2.45, 2.75) is 31.7 Å². The molecule has 0 spiro atoms. The van der Waals surface area contributed by atoms with Crippen LogP contribution in [0.15, 0.2) is 49.1 Å². The van der Waals surface area contributed by atoms with Gasteiger partial charge in [0.25, 0.3) is 5.91 Å². The van der Waals surface area contributed by atoms with Crippen LogP contribution in [0.3, 0.4) is 0 Å². The molecule has 3 aromatic heterocycles. The van der Waals surface area contributed by atoms with Crippen molar-refractivity contribution in [1.82, 2.24) is 30.0 Å². The number of halogens is 3. The van der Waals surface area contributed by atoms with Gasteiger partial charge in [-0.25, -0.2) is 9.97 Å². The molecular formula is C24H22F3N7O2. The molecular weight excluding hydrogens is 475 g/mol. The minimum atomic E-state index is -4.67. The van der Waals surface area contributed by atoms with Crippen LogP contribution in [0.1, 0.15) is 34.7 Å². The first-order valence-electron chi connectivity index (χ1n) is 11.3. The van der Waals surface area contributed by atoms with E-state index < -0.39 is 17.9 Å². The van der Waals surface area contributed by atoms with Crippen LogP contribution in [0, 0.1) is 0 Å². The number of hydrogen-bond acceptors (Lipinski definition) is 7. The largest absolute Gasteiger partial charge is 0.451 e. The Morgan fingerprint density at radius 1 is 1.08 bits per heavy atom. The standard InChI is InChI=1S/C24H22F3N7O2/c25-24(26,27)23-29-11-17(12-30-23)31-22(36)21-19-8-15(1-2-20(19)32-33-21)16-7-14(9-28-10-16)13-34-5-3-18(35)4-6-34/h1-2,7-12,18,35H,3-6,13H2,(H,31,36)(H,32,33). The van der Waals surface area contributed by atoms with E-state index in [9.17, 15) is 23.1 Å². The van der Waals surface area contributed by atoms with Crippen LogP contribution < -0.4 is 5.32 Å². The molecule has 0 unspecified atom stereocenters. The lowest BCUT2D eigenvalue weighted by Gasteiger charge is -2.29. The molecule has 0 radical (unpaired) electrons. The Bertz CT molecular complexity index is 1380. The summed E-state index contributed by atoms with van der Waals surface area (Å²) in [5.74, 6) is -1.90. The molecule has 1 fully saturated rings. The van der Waals surface area contributed by atoms with E-state index in [0.29, 0.717) is 10.9 Å². The average Bonchev–Trinajstić information content (AvgIpc) is 3.29. The molecule has 186 valence electrons. The number of aromatic amines is 1. The number of fused-ring (bicyclic) bond motifs is 1. The van der Waals surface area contributed by atoms with Crippen LogP contribution in [0.4, 0.5) is 18.9 Å². The first kappa shape index (κ1) is 23.8. The number of amides is 1. The summed E-state index contributed by atoms with van der Waals surface area (Å²) in [5.41, 5.74) is 3.47. The molecule has 1 saturated heterocycles. The number of carbonyl (C=O) groups is 1. The van der Waals surface area contributed by atoms with Gasteiger partial charge < -0.3 is 10.4 Å². The van der Waals surface area contributed by atoms with Gasteiger partial charge in [-0.3, -0.25) is 19.8 Å². The molecule has 1 aliphatic heterocycles. The Morgan fingerprint density at radius 2 is 1.83 bits per heavy atom. The number of nitrogens with zero attached hydrogens (tertiary/aromatic N) is 5. The van der Waals surface area contributed by atoms with Crippen LogP contribution in [0.2, 0.25) is 0 Å². The van der Waals surface area contributed by atoms with Gasteiger partial charge in [0.05, 0.1) is 29.7 Å². The second kappa shape index (κ2) is 9.63. The normalized spacial score (nSPS) is 15.3. The van der Waals surface area contributed by atoms with Crippen molar-refractivity contribution in [3.8, 4) is 11.1 Å². The van der Waals surface area contributed by atoms with E-state index >= 15 is 0 Å². The summed E-state index contributed by atoms with van der Waals surface area (Å²) < 4.78 is 38.0. The monoisotopic (exact) mass is 497 g/mol. The van der Waals surface area contributed by atoms with E-state index in [4.69, 9.17) is 0 Å². The Hall–Kier alpha value is -3.90. The number of H-pyrrole nitrogens is 1. The van der Waals surface area contributed by atoms with Gasteiger partial charge in [0.2, 0.25) is 5.82 Å². The maximum Gasteiger partial charge on any atom is 0.451 e. The van der Waals surface area contributed by atoms with E-state index in [1.807, 2.05) is 24.4 Å². The zero-order chi connectivity index (χ0) is 25.3. The van der Waals surface area contributed by atoms with Crippen molar-refractivity contribution in [2.24, 2.45) is 0 Å². The lowest BCUT2D eigenvalue weighted by molar-refractivity contribution is -0.144. The molecule has 4 aromatic rings. The van der Waals surface area contributed by atoms with Crippen LogP contribution in [-0.2, 0) is 12.7 Å². The number of piperidine rings is 1. The number of alkyl halides is 3. The highest BCUT2D eigenvalue weighted by Gasteiger charge is 2.34. The fourth-order valence-corrected chi connectivity index (χ4v) is 4.16. The van der Waals surface area contributed by atoms with Gasteiger partial charge >= 0.3 is 6.18 Å². The van der Waals surface area contributed by atoms with Crippen LogP contribution in [-0.4, -0.2) is 60.3 Å². The van der Waals surface area contributed by atoms with E-state index in [-0.39, 0.29) is 17.5 Å². The maximum absolute atomic E-state index is 12.8. The highest BCUT2D eigenvalue weighted by atomic mass is 19.4. The molecule has 0 aliphatic carbocycles. The number of likely N-dealkylation sites (tertiary alicyclic amines) is 1. The molecule has 1 aromatic carbocycles. The SMILES string of the molecule is O=C(Nc1cnc(C(F)(F)F)nc1)c1n[nH]c2ccc(-c3cncc(CN4CCC(O)CC4)c3)cc12. The summed E-state index contributed by atoms with van der Waals surface area (Å²) in [5, 5.41) is 19.6. The van der Waals surface area contributed by atoms with Gasteiger partial charge in [-0.05, 0) is 42.2 Å². The minimum Gasteiger partial charge on any atom is -0.393 e. The predicted molar refractivity (Wildman–Crippen MR) is 125 cm³/mol.